The highest BCUT2D eigenvalue weighted by molar-refractivity contribution is 5.85. The molecule has 0 unspecified atom stereocenters. The largest absolute Gasteiger partial charge is 0.370 e. The van der Waals surface area contributed by atoms with E-state index >= 15 is 0 Å². The number of carbonyl (C=O) groups is 1. The van der Waals surface area contributed by atoms with Gasteiger partial charge in [0.1, 0.15) is 12.2 Å². The summed E-state index contributed by atoms with van der Waals surface area (Å²) in [5.41, 5.74) is 4.58. The normalized spacial score (nSPS) is 20.3. The average Bonchev–Trinajstić information content (AvgIpc) is 3.09. The molecule has 3 aliphatic rings. The lowest BCUT2D eigenvalue weighted by molar-refractivity contribution is -0.125. The molecule has 1 amide bonds. The standard InChI is InChI=1S/C27H35N7O/c35-27(28-13-17-32-14-6-9-20-8-3-4-11-22(20)32)21-10-7-15-33(18-21)25-24-26(30-19-29-25)34-16-5-1-2-12-23(34)31-24/h3-4,8,11,19,21H,1-2,5-7,9-10,12-18H2,(H,28,35)/t21-/m1/s1. The minimum atomic E-state index is -0.0251. The fraction of sp³-hybridized carbons (Fsp3) is 0.556. The van der Waals surface area contributed by atoms with Crippen molar-refractivity contribution in [2.24, 2.45) is 5.92 Å². The number of imidazole rings is 1. The maximum atomic E-state index is 13.1. The van der Waals surface area contributed by atoms with E-state index in [-0.39, 0.29) is 11.8 Å². The van der Waals surface area contributed by atoms with Crippen molar-refractivity contribution in [3.05, 3.63) is 42.0 Å². The van der Waals surface area contributed by atoms with Crippen LogP contribution in [0.2, 0.25) is 0 Å². The first kappa shape index (κ1) is 22.3. The Morgan fingerprint density at radius 3 is 2.91 bits per heavy atom. The predicted molar refractivity (Wildman–Crippen MR) is 138 cm³/mol. The summed E-state index contributed by atoms with van der Waals surface area (Å²) in [5, 5.41) is 3.23. The fourth-order valence-electron chi connectivity index (χ4n) is 6.04. The predicted octanol–water partition coefficient (Wildman–Crippen LogP) is 3.34. The van der Waals surface area contributed by atoms with Gasteiger partial charge in [0.2, 0.25) is 5.91 Å². The van der Waals surface area contributed by atoms with E-state index in [0.717, 1.165) is 74.7 Å². The first-order valence-corrected chi connectivity index (χ1v) is 13.3. The van der Waals surface area contributed by atoms with E-state index < -0.39 is 0 Å². The van der Waals surface area contributed by atoms with Crippen molar-refractivity contribution in [1.82, 2.24) is 24.8 Å². The zero-order chi connectivity index (χ0) is 23.6. The number of nitrogens with zero attached hydrogens (tertiary/aromatic N) is 6. The highest BCUT2D eigenvalue weighted by atomic mass is 16.1. The first-order chi connectivity index (χ1) is 17.3. The van der Waals surface area contributed by atoms with Crippen LogP contribution < -0.4 is 15.1 Å². The third kappa shape index (κ3) is 4.46. The smallest absolute Gasteiger partial charge is 0.224 e. The van der Waals surface area contributed by atoms with Crippen LogP contribution in [0.1, 0.15) is 49.9 Å². The Labute approximate surface area is 206 Å². The maximum absolute atomic E-state index is 13.1. The lowest BCUT2D eigenvalue weighted by Crippen LogP contribution is -2.45. The summed E-state index contributed by atoms with van der Waals surface area (Å²) >= 11 is 0. The number of anilines is 2. The molecule has 1 atom stereocenters. The van der Waals surface area contributed by atoms with E-state index in [1.54, 1.807) is 6.33 Å². The number of rotatable bonds is 5. The highest BCUT2D eigenvalue weighted by Crippen LogP contribution is 2.30. The van der Waals surface area contributed by atoms with E-state index in [9.17, 15) is 4.79 Å². The first-order valence-electron chi connectivity index (χ1n) is 13.3. The number of hydrogen-bond donors (Lipinski definition) is 1. The van der Waals surface area contributed by atoms with Gasteiger partial charge in [0, 0.05) is 51.4 Å². The van der Waals surface area contributed by atoms with Crippen molar-refractivity contribution in [3.8, 4) is 0 Å². The average molecular weight is 474 g/mol. The van der Waals surface area contributed by atoms with Gasteiger partial charge in [-0.2, -0.15) is 0 Å². The van der Waals surface area contributed by atoms with Gasteiger partial charge < -0.3 is 19.7 Å². The van der Waals surface area contributed by atoms with Crippen molar-refractivity contribution in [2.75, 3.05) is 42.5 Å². The zero-order valence-electron chi connectivity index (χ0n) is 20.5. The van der Waals surface area contributed by atoms with Gasteiger partial charge in [-0.25, -0.2) is 15.0 Å². The van der Waals surface area contributed by atoms with Crippen LogP contribution in [0.3, 0.4) is 0 Å². The fourth-order valence-corrected chi connectivity index (χ4v) is 6.04. The number of carbonyl (C=O) groups excluding carboxylic acids is 1. The molecule has 8 heteroatoms. The molecule has 1 saturated heterocycles. The Kier molecular flexibility index (Phi) is 6.27. The summed E-state index contributed by atoms with van der Waals surface area (Å²) in [4.78, 5) is 32.0. The molecule has 1 aromatic carbocycles. The second-order valence-electron chi connectivity index (χ2n) is 10.2. The molecule has 2 aromatic heterocycles. The second-order valence-corrected chi connectivity index (χ2v) is 10.2. The molecule has 3 aliphatic heterocycles. The lowest BCUT2D eigenvalue weighted by Gasteiger charge is -2.33. The van der Waals surface area contributed by atoms with Gasteiger partial charge in [0.05, 0.1) is 5.92 Å². The number of benzene rings is 1. The Morgan fingerprint density at radius 2 is 1.94 bits per heavy atom. The third-order valence-electron chi connectivity index (χ3n) is 7.85. The van der Waals surface area contributed by atoms with Crippen molar-refractivity contribution >= 4 is 28.6 Å². The van der Waals surface area contributed by atoms with Gasteiger partial charge >= 0.3 is 0 Å². The molecule has 6 rings (SSSR count). The minimum Gasteiger partial charge on any atom is -0.370 e. The van der Waals surface area contributed by atoms with E-state index in [2.05, 4.69) is 53.9 Å². The molecular weight excluding hydrogens is 438 g/mol. The van der Waals surface area contributed by atoms with Crippen LogP contribution >= 0.6 is 0 Å². The van der Waals surface area contributed by atoms with Crippen LogP contribution in [0.25, 0.3) is 11.2 Å². The molecule has 0 radical (unpaired) electrons. The van der Waals surface area contributed by atoms with Crippen molar-refractivity contribution < 1.29 is 4.79 Å². The molecular formula is C27H35N7O. The Hall–Kier alpha value is -3.16. The van der Waals surface area contributed by atoms with Crippen LogP contribution in [0.15, 0.2) is 30.6 Å². The van der Waals surface area contributed by atoms with Gasteiger partial charge in [-0.1, -0.05) is 24.6 Å². The van der Waals surface area contributed by atoms with Gasteiger partial charge in [0.15, 0.2) is 17.0 Å². The summed E-state index contributed by atoms with van der Waals surface area (Å²) in [6.45, 7) is 5.16. The lowest BCUT2D eigenvalue weighted by atomic mass is 9.97. The molecule has 0 bridgehead atoms. The summed E-state index contributed by atoms with van der Waals surface area (Å²) < 4.78 is 2.28. The molecule has 35 heavy (non-hydrogen) atoms. The Balaban J connectivity index is 1.11. The second kappa shape index (κ2) is 9.84. The number of amides is 1. The molecule has 8 nitrogen and oxygen atoms in total. The molecule has 0 spiro atoms. The van der Waals surface area contributed by atoms with Crippen LogP contribution in [-0.2, 0) is 24.2 Å². The van der Waals surface area contributed by atoms with Crippen LogP contribution in [0.4, 0.5) is 11.5 Å². The summed E-state index contributed by atoms with van der Waals surface area (Å²) in [6.07, 6.45) is 10.5. The summed E-state index contributed by atoms with van der Waals surface area (Å²) in [6, 6.07) is 8.64. The van der Waals surface area contributed by atoms with Crippen LogP contribution in [-0.4, -0.2) is 58.1 Å². The molecule has 0 aliphatic carbocycles. The molecule has 5 heterocycles. The highest BCUT2D eigenvalue weighted by Gasteiger charge is 2.29. The number of para-hydroxylation sites is 1. The monoisotopic (exact) mass is 473 g/mol. The van der Waals surface area contributed by atoms with Crippen LogP contribution in [0, 0.1) is 5.92 Å². The number of hydrogen-bond acceptors (Lipinski definition) is 6. The summed E-state index contributed by atoms with van der Waals surface area (Å²) in [5.74, 6) is 2.15. The molecule has 0 saturated carbocycles. The molecule has 184 valence electrons. The SMILES string of the molecule is O=C(NCCN1CCCc2ccccc21)[C@@H]1CCCN(c2ncnc3c2nc2n3CCCCC2)C1. The maximum Gasteiger partial charge on any atom is 0.224 e. The molecule has 3 aromatic rings. The van der Waals surface area contributed by atoms with Crippen LogP contribution in [0.5, 0.6) is 0 Å². The Bertz CT molecular complexity index is 1210. The zero-order valence-corrected chi connectivity index (χ0v) is 20.5. The van der Waals surface area contributed by atoms with Gasteiger partial charge in [0.25, 0.3) is 0 Å². The van der Waals surface area contributed by atoms with E-state index in [1.165, 1.54) is 36.9 Å². The minimum absolute atomic E-state index is 0.0251. The van der Waals surface area contributed by atoms with Gasteiger partial charge in [-0.3, -0.25) is 4.79 Å². The van der Waals surface area contributed by atoms with Gasteiger partial charge in [-0.05, 0) is 50.2 Å². The van der Waals surface area contributed by atoms with Crippen molar-refractivity contribution in [1.29, 1.82) is 0 Å². The van der Waals surface area contributed by atoms with Crippen molar-refractivity contribution in [2.45, 2.75) is 57.9 Å². The number of nitrogens with one attached hydrogen (secondary N) is 1. The topological polar surface area (TPSA) is 79.2 Å². The van der Waals surface area contributed by atoms with E-state index in [0.29, 0.717) is 13.1 Å². The number of piperidine rings is 1. The van der Waals surface area contributed by atoms with E-state index in [1.807, 2.05) is 0 Å². The van der Waals surface area contributed by atoms with Gasteiger partial charge in [-0.15, -0.1) is 0 Å². The number of aromatic nitrogens is 4. The molecule has 1 N–H and O–H groups in total. The quantitative estimate of drug-likeness (QED) is 0.612. The Morgan fingerprint density at radius 1 is 1.00 bits per heavy atom. The van der Waals surface area contributed by atoms with E-state index in [4.69, 9.17) is 4.98 Å². The summed E-state index contributed by atoms with van der Waals surface area (Å²) in [7, 11) is 0. The molecule has 1 fully saturated rings. The van der Waals surface area contributed by atoms with Crippen molar-refractivity contribution in [3.63, 3.8) is 0 Å². The third-order valence-corrected chi connectivity index (χ3v) is 7.85. The number of fused-ring (bicyclic) bond motifs is 4. The number of aryl methyl sites for hydroxylation is 3.